The van der Waals surface area contributed by atoms with E-state index in [4.69, 9.17) is 4.74 Å². The number of hydrogen-bond donors (Lipinski definition) is 2. The molecule has 142 valence electrons. The minimum absolute atomic E-state index is 0.322. The van der Waals surface area contributed by atoms with Gasteiger partial charge in [-0.05, 0) is 30.3 Å². The van der Waals surface area contributed by atoms with Crippen molar-refractivity contribution >= 4 is 23.4 Å². The molecule has 0 saturated carbocycles. The largest absolute Gasteiger partial charge is 0.378 e. The van der Waals surface area contributed by atoms with Crippen molar-refractivity contribution in [2.75, 3.05) is 41.8 Å². The molecular formula is C20H20N6O2. The maximum atomic E-state index is 12.1. The van der Waals surface area contributed by atoms with Crippen LogP contribution in [-0.4, -0.2) is 47.3 Å². The SMILES string of the molecule is O=C(Nc1ccc(-c2ccnc(N3CCOCC3)n2)cc1)Nc1cccnc1. The molecule has 0 aliphatic carbocycles. The van der Waals surface area contributed by atoms with Crippen molar-refractivity contribution in [1.29, 1.82) is 0 Å². The number of benzene rings is 1. The first-order valence-corrected chi connectivity index (χ1v) is 9.02. The van der Waals surface area contributed by atoms with Crippen molar-refractivity contribution in [2.45, 2.75) is 0 Å². The van der Waals surface area contributed by atoms with Gasteiger partial charge in [0.25, 0.3) is 0 Å². The van der Waals surface area contributed by atoms with E-state index in [1.165, 1.54) is 0 Å². The summed E-state index contributed by atoms with van der Waals surface area (Å²) in [5, 5.41) is 5.53. The minimum Gasteiger partial charge on any atom is -0.378 e. The number of nitrogens with zero attached hydrogens (tertiary/aromatic N) is 4. The molecule has 0 unspecified atom stereocenters. The maximum Gasteiger partial charge on any atom is 0.323 e. The predicted octanol–water partition coefficient (Wildman–Crippen LogP) is 3.02. The number of aromatic nitrogens is 3. The van der Waals surface area contributed by atoms with Crippen molar-refractivity contribution in [3.63, 3.8) is 0 Å². The Bertz CT molecular complexity index is 927. The first kappa shape index (κ1) is 17.9. The van der Waals surface area contributed by atoms with E-state index in [1.54, 1.807) is 30.7 Å². The highest BCUT2D eigenvalue weighted by Crippen LogP contribution is 2.21. The van der Waals surface area contributed by atoms with Crippen LogP contribution in [0.2, 0.25) is 0 Å². The fourth-order valence-corrected chi connectivity index (χ4v) is 2.88. The summed E-state index contributed by atoms with van der Waals surface area (Å²) in [6, 6.07) is 12.6. The second kappa shape index (κ2) is 8.45. The Kier molecular flexibility index (Phi) is 5.39. The number of nitrogens with one attached hydrogen (secondary N) is 2. The van der Waals surface area contributed by atoms with Gasteiger partial charge in [-0.3, -0.25) is 4.98 Å². The Morgan fingerprint density at radius 2 is 1.75 bits per heavy atom. The molecule has 0 radical (unpaired) electrons. The van der Waals surface area contributed by atoms with Crippen LogP contribution in [0.4, 0.5) is 22.1 Å². The molecule has 1 aromatic carbocycles. The lowest BCUT2D eigenvalue weighted by molar-refractivity contribution is 0.122. The van der Waals surface area contributed by atoms with E-state index in [9.17, 15) is 4.79 Å². The van der Waals surface area contributed by atoms with Gasteiger partial charge in [0.05, 0.1) is 30.8 Å². The van der Waals surface area contributed by atoms with Crippen LogP contribution in [0.25, 0.3) is 11.3 Å². The maximum absolute atomic E-state index is 12.1. The lowest BCUT2D eigenvalue weighted by Gasteiger charge is -2.26. The third-order valence-corrected chi connectivity index (χ3v) is 4.29. The van der Waals surface area contributed by atoms with E-state index < -0.39 is 0 Å². The summed E-state index contributed by atoms with van der Waals surface area (Å²) in [5.74, 6) is 0.707. The fraction of sp³-hybridized carbons (Fsp3) is 0.200. The summed E-state index contributed by atoms with van der Waals surface area (Å²) in [6.07, 6.45) is 5.00. The predicted molar refractivity (Wildman–Crippen MR) is 107 cm³/mol. The van der Waals surface area contributed by atoms with E-state index in [-0.39, 0.29) is 6.03 Å². The van der Waals surface area contributed by atoms with Gasteiger partial charge in [0, 0.05) is 36.7 Å². The molecule has 2 amide bonds. The number of urea groups is 1. The second-order valence-electron chi connectivity index (χ2n) is 6.24. The lowest BCUT2D eigenvalue weighted by atomic mass is 10.1. The molecule has 1 fully saturated rings. The molecule has 8 nitrogen and oxygen atoms in total. The molecule has 0 spiro atoms. The molecule has 2 aromatic heterocycles. The number of carbonyl (C=O) groups is 1. The molecule has 3 heterocycles. The first-order valence-electron chi connectivity index (χ1n) is 9.02. The van der Waals surface area contributed by atoms with E-state index in [0.717, 1.165) is 24.3 Å². The molecule has 1 aliphatic heterocycles. The van der Waals surface area contributed by atoms with Gasteiger partial charge in [-0.2, -0.15) is 0 Å². The Balaban J connectivity index is 1.42. The average molecular weight is 376 g/mol. The Labute approximate surface area is 162 Å². The molecule has 8 heteroatoms. The Morgan fingerprint density at radius 3 is 2.50 bits per heavy atom. The number of carbonyl (C=O) groups excluding carboxylic acids is 1. The summed E-state index contributed by atoms with van der Waals surface area (Å²) in [5.41, 5.74) is 3.11. The van der Waals surface area contributed by atoms with Crippen LogP contribution < -0.4 is 15.5 Å². The molecular weight excluding hydrogens is 356 g/mol. The monoisotopic (exact) mass is 376 g/mol. The second-order valence-corrected chi connectivity index (χ2v) is 6.24. The van der Waals surface area contributed by atoms with Gasteiger partial charge >= 0.3 is 6.03 Å². The summed E-state index contributed by atoms with van der Waals surface area (Å²) < 4.78 is 5.38. The third kappa shape index (κ3) is 4.41. The standard InChI is InChI=1S/C20H20N6O2/c27-20(24-17-2-1-8-21-14-17)23-16-5-3-15(4-6-16)18-7-9-22-19(25-18)26-10-12-28-13-11-26/h1-9,14H,10-13H2,(H2,23,24,27). The smallest absolute Gasteiger partial charge is 0.323 e. The normalized spacial score (nSPS) is 13.8. The van der Waals surface area contributed by atoms with Crippen molar-refractivity contribution in [3.05, 3.63) is 61.1 Å². The molecule has 0 bridgehead atoms. The fourth-order valence-electron chi connectivity index (χ4n) is 2.88. The highest BCUT2D eigenvalue weighted by Gasteiger charge is 2.14. The number of hydrogen-bond acceptors (Lipinski definition) is 6. The highest BCUT2D eigenvalue weighted by atomic mass is 16.5. The molecule has 1 saturated heterocycles. The van der Waals surface area contributed by atoms with Crippen LogP contribution in [0.5, 0.6) is 0 Å². The number of morpholine rings is 1. The number of rotatable bonds is 4. The molecule has 2 N–H and O–H groups in total. The van der Waals surface area contributed by atoms with Crippen LogP contribution in [0.3, 0.4) is 0 Å². The zero-order valence-corrected chi connectivity index (χ0v) is 15.2. The van der Waals surface area contributed by atoms with Crippen LogP contribution in [-0.2, 0) is 4.74 Å². The summed E-state index contributed by atoms with van der Waals surface area (Å²) in [7, 11) is 0. The van der Waals surface area contributed by atoms with Gasteiger partial charge in [0.15, 0.2) is 0 Å². The van der Waals surface area contributed by atoms with E-state index in [2.05, 4.69) is 30.5 Å². The Hall–Kier alpha value is -3.52. The van der Waals surface area contributed by atoms with Crippen LogP contribution in [0.1, 0.15) is 0 Å². The quantitative estimate of drug-likeness (QED) is 0.727. The molecule has 3 aromatic rings. The third-order valence-electron chi connectivity index (χ3n) is 4.29. The zero-order valence-electron chi connectivity index (χ0n) is 15.2. The lowest BCUT2D eigenvalue weighted by Crippen LogP contribution is -2.37. The molecule has 4 rings (SSSR count). The molecule has 28 heavy (non-hydrogen) atoms. The van der Waals surface area contributed by atoms with E-state index in [0.29, 0.717) is 30.5 Å². The zero-order chi connectivity index (χ0) is 19.2. The number of ether oxygens (including phenoxy) is 1. The van der Waals surface area contributed by atoms with Crippen molar-refractivity contribution in [3.8, 4) is 11.3 Å². The number of anilines is 3. The van der Waals surface area contributed by atoms with Crippen molar-refractivity contribution in [1.82, 2.24) is 15.0 Å². The van der Waals surface area contributed by atoms with Gasteiger partial charge in [-0.15, -0.1) is 0 Å². The van der Waals surface area contributed by atoms with Gasteiger partial charge in [0.1, 0.15) is 0 Å². The number of amides is 2. The minimum atomic E-state index is -0.322. The Morgan fingerprint density at radius 1 is 0.964 bits per heavy atom. The summed E-state index contributed by atoms with van der Waals surface area (Å²) in [6.45, 7) is 2.96. The van der Waals surface area contributed by atoms with Crippen molar-refractivity contribution in [2.24, 2.45) is 0 Å². The highest BCUT2D eigenvalue weighted by molar-refractivity contribution is 5.99. The topological polar surface area (TPSA) is 92.3 Å². The van der Waals surface area contributed by atoms with Gasteiger partial charge in [-0.1, -0.05) is 12.1 Å². The van der Waals surface area contributed by atoms with E-state index in [1.807, 2.05) is 30.3 Å². The van der Waals surface area contributed by atoms with E-state index >= 15 is 0 Å². The van der Waals surface area contributed by atoms with Crippen LogP contribution in [0.15, 0.2) is 61.1 Å². The van der Waals surface area contributed by atoms with Gasteiger partial charge in [0.2, 0.25) is 5.95 Å². The van der Waals surface area contributed by atoms with Crippen LogP contribution in [0, 0.1) is 0 Å². The van der Waals surface area contributed by atoms with Crippen LogP contribution >= 0.6 is 0 Å². The van der Waals surface area contributed by atoms with Gasteiger partial charge in [-0.25, -0.2) is 14.8 Å². The summed E-state index contributed by atoms with van der Waals surface area (Å²) >= 11 is 0. The number of pyridine rings is 1. The molecule has 0 atom stereocenters. The first-order chi connectivity index (χ1) is 13.8. The van der Waals surface area contributed by atoms with Crippen molar-refractivity contribution < 1.29 is 9.53 Å². The summed E-state index contributed by atoms with van der Waals surface area (Å²) in [4.78, 5) is 27.2. The average Bonchev–Trinajstić information content (AvgIpc) is 2.76. The molecule has 1 aliphatic rings. The van der Waals surface area contributed by atoms with Gasteiger partial charge < -0.3 is 20.3 Å².